The predicted molar refractivity (Wildman–Crippen MR) is 62.6 cm³/mol. The first-order chi connectivity index (χ1) is 7.20. The van der Waals surface area contributed by atoms with Crippen LogP contribution in [0.5, 0.6) is 0 Å². The average molecular weight is 228 g/mol. The zero-order valence-corrected chi connectivity index (χ0v) is 9.52. The SMILES string of the molecule is C=CCC(NCC)c1c(F)cccc1Cl. The number of hydrogen-bond acceptors (Lipinski definition) is 1. The number of hydrogen-bond donors (Lipinski definition) is 1. The van der Waals surface area contributed by atoms with Crippen molar-refractivity contribution in [2.75, 3.05) is 6.54 Å². The highest BCUT2D eigenvalue weighted by Gasteiger charge is 2.16. The molecule has 3 heteroatoms. The Morgan fingerprint density at radius 2 is 2.33 bits per heavy atom. The highest BCUT2D eigenvalue weighted by atomic mass is 35.5. The zero-order chi connectivity index (χ0) is 11.3. The minimum absolute atomic E-state index is 0.0961. The van der Waals surface area contributed by atoms with Crippen LogP contribution >= 0.6 is 11.6 Å². The summed E-state index contributed by atoms with van der Waals surface area (Å²) in [6.45, 7) is 6.41. The van der Waals surface area contributed by atoms with Gasteiger partial charge in [0.2, 0.25) is 0 Å². The van der Waals surface area contributed by atoms with Crippen LogP contribution < -0.4 is 5.32 Å². The molecule has 0 amide bonds. The monoisotopic (exact) mass is 227 g/mol. The Bertz CT molecular complexity index is 318. The normalized spacial score (nSPS) is 12.5. The highest BCUT2D eigenvalue weighted by Crippen LogP contribution is 2.27. The molecule has 1 aromatic rings. The second-order valence-electron chi connectivity index (χ2n) is 3.27. The van der Waals surface area contributed by atoms with Gasteiger partial charge >= 0.3 is 0 Å². The second kappa shape index (κ2) is 5.89. The maximum Gasteiger partial charge on any atom is 0.129 e. The Labute approximate surface area is 95.0 Å². The molecule has 1 nitrogen and oxygen atoms in total. The minimum Gasteiger partial charge on any atom is -0.310 e. The number of benzene rings is 1. The van der Waals surface area contributed by atoms with Crippen molar-refractivity contribution in [3.8, 4) is 0 Å². The Morgan fingerprint density at radius 3 is 2.87 bits per heavy atom. The van der Waals surface area contributed by atoms with Crippen LogP contribution in [0.1, 0.15) is 24.9 Å². The minimum atomic E-state index is -0.268. The number of rotatable bonds is 5. The van der Waals surface area contributed by atoms with Gasteiger partial charge in [0.1, 0.15) is 5.82 Å². The van der Waals surface area contributed by atoms with E-state index in [-0.39, 0.29) is 11.9 Å². The van der Waals surface area contributed by atoms with Crippen LogP contribution in [-0.2, 0) is 0 Å². The summed E-state index contributed by atoms with van der Waals surface area (Å²) < 4.78 is 13.6. The van der Waals surface area contributed by atoms with Crippen molar-refractivity contribution in [3.05, 3.63) is 47.3 Å². The lowest BCUT2D eigenvalue weighted by Crippen LogP contribution is -2.21. The molecule has 0 aliphatic heterocycles. The lowest BCUT2D eigenvalue weighted by molar-refractivity contribution is 0.516. The van der Waals surface area contributed by atoms with Gasteiger partial charge in [-0.05, 0) is 25.1 Å². The molecule has 1 atom stereocenters. The Balaban J connectivity index is 3.03. The summed E-state index contributed by atoms with van der Waals surface area (Å²) in [5, 5.41) is 3.65. The van der Waals surface area contributed by atoms with Gasteiger partial charge in [-0.15, -0.1) is 6.58 Å². The molecule has 1 rings (SSSR count). The molecule has 0 aliphatic rings. The van der Waals surface area contributed by atoms with Gasteiger partial charge in [0.15, 0.2) is 0 Å². The molecule has 1 N–H and O–H groups in total. The van der Waals surface area contributed by atoms with Crippen molar-refractivity contribution in [2.45, 2.75) is 19.4 Å². The van der Waals surface area contributed by atoms with E-state index in [1.165, 1.54) is 6.07 Å². The van der Waals surface area contributed by atoms with Crippen LogP contribution in [0.25, 0.3) is 0 Å². The fourth-order valence-electron chi connectivity index (χ4n) is 1.56. The van der Waals surface area contributed by atoms with Crippen LogP contribution in [0.3, 0.4) is 0 Å². The van der Waals surface area contributed by atoms with Gasteiger partial charge in [-0.3, -0.25) is 0 Å². The molecule has 82 valence electrons. The van der Waals surface area contributed by atoms with Crippen LogP contribution in [0.15, 0.2) is 30.9 Å². The van der Waals surface area contributed by atoms with Gasteiger partial charge in [-0.25, -0.2) is 4.39 Å². The van der Waals surface area contributed by atoms with Gasteiger partial charge in [-0.1, -0.05) is 30.7 Å². The topological polar surface area (TPSA) is 12.0 Å². The third kappa shape index (κ3) is 3.05. The summed E-state index contributed by atoms with van der Waals surface area (Å²) >= 11 is 5.98. The van der Waals surface area contributed by atoms with Gasteiger partial charge in [0.05, 0.1) is 0 Å². The van der Waals surface area contributed by atoms with E-state index in [1.807, 2.05) is 6.92 Å². The van der Waals surface area contributed by atoms with Crippen molar-refractivity contribution in [1.82, 2.24) is 5.32 Å². The summed E-state index contributed by atoms with van der Waals surface area (Å²) in [5.41, 5.74) is 0.529. The predicted octanol–water partition coefficient (Wildman–Crippen LogP) is 3.71. The average Bonchev–Trinajstić information content (AvgIpc) is 2.18. The third-order valence-electron chi connectivity index (χ3n) is 2.20. The Kier molecular flexibility index (Phi) is 4.79. The fraction of sp³-hybridized carbons (Fsp3) is 0.333. The van der Waals surface area contributed by atoms with Gasteiger partial charge in [0, 0.05) is 16.6 Å². The quantitative estimate of drug-likeness (QED) is 0.757. The van der Waals surface area contributed by atoms with Crippen LogP contribution in [0.4, 0.5) is 4.39 Å². The molecule has 0 radical (unpaired) electrons. The summed E-state index contributed by atoms with van der Waals surface area (Å²) in [6, 6.07) is 4.64. The van der Waals surface area contributed by atoms with Crippen molar-refractivity contribution >= 4 is 11.6 Å². The summed E-state index contributed by atoms with van der Waals surface area (Å²) in [5.74, 6) is -0.268. The first-order valence-corrected chi connectivity index (χ1v) is 5.36. The van der Waals surface area contributed by atoms with Crippen LogP contribution in [-0.4, -0.2) is 6.54 Å². The van der Waals surface area contributed by atoms with Crippen molar-refractivity contribution in [1.29, 1.82) is 0 Å². The molecule has 1 aromatic carbocycles. The van der Waals surface area contributed by atoms with E-state index in [0.717, 1.165) is 6.54 Å². The van der Waals surface area contributed by atoms with Crippen molar-refractivity contribution < 1.29 is 4.39 Å². The molecular weight excluding hydrogens is 213 g/mol. The van der Waals surface area contributed by atoms with E-state index in [2.05, 4.69) is 11.9 Å². The maximum atomic E-state index is 13.6. The number of halogens is 2. The summed E-state index contributed by atoms with van der Waals surface area (Å²) in [6.07, 6.45) is 2.42. The molecule has 1 unspecified atom stereocenters. The summed E-state index contributed by atoms with van der Waals surface area (Å²) in [7, 11) is 0. The van der Waals surface area contributed by atoms with E-state index in [0.29, 0.717) is 17.0 Å². The van der Waals surface area contributed by atoms with Crippen molar-refractivity contribution in [3.63, 3.8) is 0 Å². The van der Waals surface area contributed by atoms with Gasteiger partial charge in [0.25, 0.3) is 0 Å². The molecule has 0 fully saturated rings. The molecule has 0 aromatic heterocycles. The smallest absolute Gasteiger partial charge is 0.129 e. The Morgan fingerprint density at radius 1 is 1.60 bits per heavy atom. The Hall–Kier alpha value is -0.860. The standard InChI is InChI=1S/C12H15ClFN/c1-3-6-11(15-4-2)12-9(13)7-5-8-10(12)14/h3,5,7-8,11,15H,1,4,6H2,2H3. The van der Waals surface area contributed by atoms with Crippen LogP contribution in [0, 0.1) is 5.82 Å². The van der Waals surface area contributed by atoms with E-state index in [4.69, 9.17) is 11.6 Å². The van der Waals surface area contributed by atoms with E-state index >= 15 is 0 Å². The van der Waals surface area contributed by atoms with Crippen LogP contribution in [0.2, 0.25) is 5.02 Å². The van der Waals surface area contributed by atoms with Gasteiger partial charge < -0.3 is 5.32 Å². The molecular formula is C12H15ClFN. The lowest BCUT2D eigenvalue weighted by Gasteiger charge is -2.18. The third-order valence-corrected chi connectivity index (χ3v) is 2.53. The first-order valence-electron chi connectivity index (χ1n) is 4.98. The van der Waals surface area contributed by atoms with Crippen molar-refractivity contribution in [2.24, 2.45) is 0 Å². The zero-order valence-electron chi connectivity index (χ0n) is 8.76. The first kappa shape index (κ1) is 12.2. The molecule has 0 heterocycles. The lowest BCUT2D eigenvalue weighted by atomic mass is 10.0. The summed E-state index contributed by atoms with van der Waals surface area (Å²) in [4.78, 5) is 0. The molecule has 15 heavy (non-hydrogen) atoms. The van der Waals surface area contributed by atoms with E-state index < -0.39 is 0 Å². The highest BCUT2D eigenvalue weighted by molar-refractivity contribution is 6.31. The molecule has 0 aliphatic carbocycles. The molecule has 0 spiro atoms. The maximum absolute atomic E-state index is 13.6. The fourth-order valence-corrected chi connectivity index (χ4v) is 1.85. The van der Waals surface area contributed by atoms with E-state index in [1.54, 1.807) is 18.2 Å². The largest absolute Gasteiger partial charge is 0.310 e. The second-order valence-corrected chi connectivity index (χ2v) is 3.68. The molecule has 0 saturated carbocycles. The van der Waals surface area contributed by atoms with Gasteiger partial charge in [-0.2, -0.15) is 0 Å². The van der Waals surface area contributed by atoms with E-state index in [9.17, 15) is 4.39 Å². The number of nitrogens with one attached hydrogen (secondary N) is 1. The molecule has 0 bridgehead atoms. The molecule has 0 saturated heterocycles.